The summed E-state index contributed by atoms with van der Waals surface area (Å²) >= 11 is 1.50. The lowest BCUT2D eigenvalue weighted by Gasteiger charge is -2.34. The second kappa shape index (κ2) is 6.75. The van der Waals surface area contributed by atoms with E-state index in [0.29, 0.717) is 17.5 Å². The first-order valence-electron chi connectivity index (χ1n) is 7.19. The van der Waals surface area contributed by atoms with Crippen molar-refractivity contribution in [3.63, 3.8) is 0 Å². The zero-order valence-corrected chi connectivity index (χ0v) is 14.6. The Morgan fingerprint density at radius 2 is 2.10 bits per heavy atom. The van der Waals surface area contributed by atoms with Gasteiger partial charge in [0.05, 0.1) is 6.10 Å². The first kappa shape index (κ1) is 16.9. The fourth-order valence-corrected chi connectivity index (χ4v) is 5.42. The van der Waals surface area contributed by atoms with Gasteiger partial charge in [0.15, 0.2) is 0 Å². The van der Waals surface area contributed by atoms with Crippen LogP contribution in [0.2, 0.25) is 0 Å². The van der Waals surface area contributed by atoms with E-state index in [-0.39, 0.29) is 12.1 Å². The fraction of sp³-hybridized carbons (Fsp3) is 0.714. The van der Waals surface area contributed by atoms with Gasteiger partial charge in [0.1, 0.15) is 4.90 Å². The summed E-state index contributed by atoms with van der Waals surface area (Å²) < 4.78 is 33.2. The molecule has 1 aromatic heterocycles. The molecule has 0 saturated heterocycles. The van der Waals surface area contributed by atoms with Gasteiger partial charge in [-0.3, -0.25) is 0 Å². The molecule has 1 aliphatic carbocycles. The van der Waals surface area contributed by atoms with Crippen LogP contribution in [0.25, 0.3) is 0 Å². The van der Waals surface area contributed by atoms with E-state index < -0.39 is 10.0 Å². The molecule has 0 unspecified atom stereocenters. The molecular weight excluding hydrogens is 308 g/mol. The molecule has 0 aliphatic heterocycles. The zero-order valence-electron chi connectivity index (χ0n) is 13.0. The summed E-state index contributed by atoms with van der Waals surface area (Å²) in [4.78, 5) is 1.32. The van der Waals surface area contributed by atoms with Crippen LogP contribution in [0, 0.1) is 6.92 Å². The summed E-state index contributed by atoms with van der Waals surface area (Å²) in [5.74, 6) is 0. The van der Waals surface area contributed by atoms with Gasteiger partial charge < -0.3 is 10.1 Å². The molecule has 0 atom stereocenters. The molecule has 7 heteroatoms. The summed E-state index contributed by atoms with van der Waals surface area (Å²) in [6.07, 6.45) is 1.68. The van der Waals surface area contributed by atoms with Crippen LogP contribution >= 0.6 is 11.3 Å². The van der Waals surface area contributed by atoms with E-state index in [1.165, 1.54) is 11.3 Å². The lowest BCUT2D eigenvalue weighted by atomic mass is 9.90. The van der Waals surface area contributed by atoms with Gasteiger partial charge in [0.2, 0.25) is 10.0 Å². The first-order valence-corrected chi connectivity index (χ1v) is 9.55. The monoisotopic (exact) mass is 332 g/mol. The van der Waals surface area contributed by atoms with Gasteiger partial charge in [0.25, 0.3) is 0 Å². The number of ether oxygens (including phenoxy) is 1. The van der Waals surface area contributed by atoms with E-state index >= 15 is 0 Å². The fourth-order valence-electron chi connectivity index (χ4n) is 2.40. The summed E-state index contributed by atoms with van der Waals surface area (Å²) in [6, 6.07) is 0.315. The van der Waals surface area contributed by atoms with Gasteiger partial charge >= 0.3 is 0 Å². The van der Waals surface area contributed by atoms with Crippen molar-refractivity contribution in [1.29, 1.82) is 0 Å². The number of sulfonamides is 1. The Bertz CT molecular complexity index is 575. The highest BCUT2D eigenvalue weighted by atomic mass is 32.2. The van der Waals surface area contributed by atoms with Crippen molar-refractivity contribution in [3.05, 3.63) is 15.8 Å². The average molecular weight is 332 g/mol. The minimum absolute atomic E-state index is 0.00911. The molecule has 2 N–H and O–H groups in total. The average Bonchev–Trinajstić information content (AvgIpc) is 2.72. The minimum atomic E-state index is -3.45. The summed E-state index contributed by atoms with van der Waals surface area (Å²) in [5, 5.41) is 5.19. The molecule has 0 aromatic carbocycles. The number of methoxy groups -OCH3 is 1. The van der Waals surface area contributed by atoms with E-state index in [4.69, 9.17) is 4.74 Å². The maximum Gasteiger partial charge on any atom is 0.242 e. The van der Waals surface area contributed by atoms with Crippen LogP contribution in [0.4, 0.5) is 0 Å². The van der Waals surface area contributed by atoms with Crippen molar-refractivity contribution in [2.24, 2.45) is 0 Å². The predicted octanol–water partition coefficient (Wildman–Crippen LogP) is 2.01. The Morgan fingerprint density at radius 1 is 1.43 bits per heavy atom. The number of rotatable bonds is 7. The van der Waals surface area contributed by atoms with Crippen LogP contribution in [0.15, 0.2) is 10.3 Å². The van der Waals surface area contributed by atoms with E-state index in [1.54, 1.807) is 7.11 Å². The third-order valence-corrected chi connectivity index (χ3v) is 6.66. The van der Waals surface area contributed by atoms with Gasteiger partial charge in [-0.25, -0.2) is 13.1 Å². The van der Waals surface area contributed by atoms with Crippen LogP contribution in [0.5, 0.6) is 0 Å². The summed E-state index contributed by atoms with van der Waals surface area (Å²) in [5.41, 5.74) is 0.815. The smallest absolute Gasteiger partial charge is 0.242 e. The maximum absolute atomic E-state index is 12.6. The Hall–Kier alpha value is -0.470. The molecule has 1 saturated carbocycles. The van der Waals surface area contributed by atoms with Crippen molar-refractivity contribution >= 4 is 21.4 Å². The van der Waals surface area contributed by atoms with Gasteiger partial charge in [-0.1, -0.05) is 13.8 Å². The second-order valence-corrected chi connectivity index (χ2v) is 8.47. The number of aryl methyl sites for hydroxylation is 1. The molecule has 21 heavy (non-hydrogen) atoms. The third kappa shape index (κ3) is 4.04. The molecule has 1 aromatic rings. The maximum atomic E-state index is 12.6. The summed E-state index contributed by atoms with van der Waals surface area (Å²) in [7, 11) is -1.79. The van der Waals surface area contributed by atoms with Crippen LogP contribution in [0.3, 0.4) is 0 Å². The molecule has 2 rings (SSSR count). The predicted molar refractivity (Wildman–Crippen MR) is 85.2 cm³/mol. The molecular formula is C14H24N2O3S2. The number of nitrogens with one attached hydrogen (secondary N) is 2. The normalized spacial score (nSPS) is 22.5. The van der Waals surface area contributed by atoms with Crippen LogP contribution < -0.4 is 10.0 Å². The lowest BCUT2D eigenvalue weighted by molar-refractivity contribution is 0.0236. The molecule has 1 aliphatic rings. The van der Waals surface area contributed by atoms with Gasteiger partial charge in [0, 0.05) is 30.6 Å². The molecule has 1 fully saturated rings. The molecule has 1 heterocycles. The van der Waals surface area contributed by atoms with E-state index in [0.717, 1.165) is 23.3 Å². The van der Waals surface area contributed by atoms with E-state index in [9.17, 15) is 8.42 Å². The summed E-state index contributed by atoms with van der Waals surface area (Å²) in [6.45, 7) is 6.53. The SMILES string of the molecule is COC1CC(NS(=O)(=O)c2c(C)csc2CNC(C)C)C1. The quantitative estimate of drug-likeness (QED) is 0.801. The Labute approximate surface area is 131 Å². The van der Waals surface area contributed by atoms with Crippen molar-refractivity contribution in [1.82, 2.24) is 10.0 Å². The molecule has 0 radical (unpaired) electrons. The van der Waals surface area contributed by atoms with Crippen molar-refractivity contribution in [2.75, 3.05) is 7.11 Å². The van der Waals surface area contributed by atoms with Gasteiger partial charge in [-0.05, 0) is 30.7 Å². The number of thiophene rings is 1. The van der Waals surface area contributed by atoms with Gasteiger partial charge in [-0.2, -0.15) is 0 Å². The topological polar surface area (TPSA) is 67.4 Å². The molecule has 5 nitrogen and oxygen atoms in total. The Kier molecular flexibility index (Phi) is 5.43. The van der Waals surface area contributed by atoms with E-state index in [2.05, 4.69) is 10.0 Å². The van der Waals surface area contributed by atoms with Crippen LogP contribution in [-0.4, -0.2) is 33.7 Å². The molecule has 0 spiro atoms. The van der Waals surface area contributed by atoms with Gasteiger partial charge in [-0.15, -0.1) is 11.3 Å². The first-order chi connectivity index (χ1) is 9.83. The highest BCUT2D eigenvalue weighted by Gasteiger charge is 2.34. The Balaban J connectivity index is 2.10. The lowest BCUT2D eigenvalue weighted by Crippen LogP contribution is -2.47. The van der Waals surface area contributed by atoms with Crippen molar-refractivity contribution in [2.45, 2.75) is 63.2 Å². The Morgan fingerprint density at radius 3 is 2.67 bits per heavy atom. The second-order valence-electron chi connectivity index (χ2n) is 5.85. The molecule has 0 bridgehead atoms. The minimum Gasteiger partial charge on any atom is -0.381 e. The zero-order chi connectivity index (χ0) is 15.6. The molecule has 0 amide bonds. The van der Waals surface area contributed by atoms with Crippen LogP contribution in [0.1, 0.15) is 37.1 Å². The van der Waals surface area contributed by atoms with E-state index in [1.807, 2.05) is 26.2 Å². The standard InChI is InChI=1S/C14H24N2O3S2/c1-9(2)15-7-13-14(10(3)8-20-13)21(17,18)16-11-5-12(6-11)19-4/h8-9,11-12,15-16H,5-7H2,1-4H3. The highest BCUT2D eigenvalue weighted by Crippen LogP contribution is 2.29. The third-order valence-electron chi connectivity index (χ3n) is 3.68. The molecule has 120 valence electrons. The van der Waals surface area contributed by atoms with Crippen molar-refractivity contribution < 1.29 is 13.2 Å². The number of hydrogen-bond donors (Lipinski definition) is 2. The number of hydrogen-bond acceptors (Lipinski definition) is 5. The van der Waals surface area contributed by atoms with Crippen LogP contribution in [-0.2, 0) is 21.3 Å². The van der Waals surface area contributed by atoms with Crippen molar-refractivity contribution in [3.8, 4) is 0 Å². The highest BCUT2D eigenvalue weighted by molar-refractivity contribution is 7.89. The largest absolute Gasteiger partial charge is 0.381 e.